The van der Waals surface area contributed by atoms with Crippen LogP contribution in [0.15, 0.2) is 33.9 Å². The number of aliphatic hydroxyl groups is 1. The Hall–Kier alpha value is -2.18. The fraction of sp³-hybridized carbons (Fsp3) is 0.476. The van der Waals surface area contributed by atoms with Gasteiger partial charge in [0.2, 0.25) is 5.95 Å². The van der Waals surface area contributed by atoms with Crippen LogP contribution in [-0.2, 0) is 20.1 Å². The first-order valence-electron chi connectivity index (χ1n) is 10.5. The number of aryl methyl sites for hydroxylation is 1. The second kappa shape index (κ2) is 9.53. The van der Waals surface area contributed by atoms with Crippen LogP contribution in [0.1, 0.15) is 18.4 Å². The zero-order valence-corrected chi connectivity index (χ0v) is 19.7. The largest absolute Gasteiger partial charge is 0.396 e. The molecule has 2 aromatic heterocycles. The van der Waals surface area contributed by atoms with Crippen molar-refractivity contribution in [3.8, 4) is 0 Å². The Morgan fingerprint density at radius 1 is 1.16 bits per heavy atom. The number of hydrogen-bond donors (Lipinski definition) is 2. The molecule has 0 unspecified atom stereocenters. The second-order valence-electron chi connectivity index (χ2n) is 7.73. The summed E-state index contributed by atoms with van der Waals surface area (Å²) in [5.74, 6) is 0.713. The van der Waals surface area contributed by atoms with Crippen molar-refractivity contribution in [3.63, 3.8) is 0 Å². The summed E-state index contributed by atoms with van der Waals surface area (Å²) in [6.45, 7) is 3.97. The van der Waals surface area contributed by atoms with Crippen molar-refractivity contribution in [2.45, 2.75) is 25.9 Å². The topological polar surface area (TPSA) is 97.3 Å². The summed E-state index contributed by atoms with van der Waals surface area (Å²) in [4.78, 5) is 33.3. The molecule has 1 aliphatic rings. The Balaban J connectivity index is 1.96. The van der Waals surface area contributed by atoms with Gasteiger partial charge < -0.3 is 15.3 Å². The van der Waals surface area contributed by atoms with Gasteiger partial charge in [-0.1, -0.05) is 18.2 Å². The number of benzene rings is 1. The molecule has 1 aromatic carbocycles. The number of aliphatic hydroxyl groups excluding tert-OH is 1. The Kier molecular flexibility index (Phi) is 6.77. The van der Waals surface area contributed by atoms with Crippen LogP contribution >= 0.6 is 22.6 Å². The maximum Gasteiger partial charge on any atom is 0.332 e. The lowest BCUT2D eigenvalue weighted by Crippen LogP contribution is -2.40. The van der Waals surface area contributed by atoms with E-state index in [1.165, 1.54) is 9.13 Å². The molecule has 1 saturated heterocycles. The predicted octanol–water partition coefficient (Wildman–Crippen LogP) is 0.732. The number of hydrogen-bond acceptors (Lipinski definition) is 6. The average molecular weight is 538 g/mol. The monoisotopic (exact) mass is 538 g/mol. The van der Waals surface area contributed by atoms with Crippen molar-refractivity contribution in [1.82, 2.24) is 24.0 Å². The van der Waals surface area contributed by atoms with Gasteiger partial charge in [-0.05, 0) is 53.6 Å². The van der Waals surface area contributed by atoms with Crippen LogP contribution in [-0.4, -0.2) is 56.6 Å². The Morgan fingerprint density at radius 2 is 1.97 bits per heavy atom. The van der Waals surface area contributed by atoms with Crippen molar-refractivity contribution in [2.75, 3.05) is 37.7 Å². The van der Waals surface area contributed by atoms with Gasteiger partial charge in [0.15, 0.2) is 11.2 Å². The minimum absolute atomic E-state index is 0.0822. The molecule has 9 nitrogen and oxygen atoms in total. The number of imidazole rings is 1. The van der Waals surface area contributed by atoms with E-state index in [1.54, 1.807) is 7.05 Å². The molecule has 0 amide bonds. The molecule has 166 valence electrons. The second-order valence-corrected chi connectivity index (χ2v) is 8.89. The molecule has 1 fully saturated rings. The van der Waals surface area contributed by atoms with Gasteiger partial charge in [-0.2, -0.15) is 4.98 Å². The smallest absolute Gasteiger partial charge is 0.332 e. The van der Waals surface area contributed by atoms with E-state index in [2.05, 4.69) is 32.8 Å². The molecule has 4 rings (SSSR count). The van der Waals surface area contributed by atoms with Crippen LogP contribution < -0.4 is 21.5 Å². The molecule has 0 aliphatic carbocycles. The summed E-state index contributed by atoms with van der Waals surface area (Å²) in [5, 5.41) is 12.6. The van der Waals surface area contributed by atoms with E-state index in [1.807, 2.05) is 28.8 Å². The molecule has 3 heterocycles. The number of fused-ring (bicyclic) bond motifs is 1. The number of halogens is 1. The molecule has 0 atom stereocenters. The molecule has 10 heteroatoms. The summed E-state index contributed by atoms with van der Waals surface area (Å²) in [6.07, 6.45) is 1.32. The molecule has 0 spiro atoms. The normalized spacial score (nSPS) is 14.9. The molecular formula is C21H27IN6O3. The van der Waals surface area contributed by atoms with Gasteiger partial charge >= 0.3 is 5.69 Å². The summed E-state index contributed by atoms with van der Waals surface area (Å²) in [5.41, 5.74) is 1.14. The Labute approximate surface area is 193 Å². The first-order chi connectivity index (χ1) is 15.0. The van der Waals surface area contributed by atoms with Crippen molar-refractivity contribution in [1.29, 1.82) is 0 Å². The van der Waals surface area contributed by atoms with Crippen molar-refractivity contribution < 1.29 is 5.11 Å². The Morgan fingerprint density at radius 3 is 2.74 bits per heavy atom. The molecule has 0 saturated carbocycles. The fourth-order valence-corrected chi connectivity index (χ4v) is 4.58. The molecule has 3 aromatic rings. The maximum atomic E-state index is 13.4. The molecule has 1 aliphatic heterocycles. The highest BCUT2D eigenvalue weighted by molar-refractivity contribution is 14.1. The van der Waals surface area contributed by atoms with E-state index in [-0.39, 0.29) is 18.7 Å². The van der Waals surface area contributed by atoms with E-state index < -0.39 is 5.69 Å². The third kappa shape index (κ3) is 4.28. The van der Waals surface area contributed by atoms with Gasteiger partial charge in [0, 0.05) is 43.4 Å². The quantitative estimate of drug-likeness (QED) is 0.450. The van der Waals surface area contributed by atoms with E-state index in [0.717, 1.165) is 41.7 Å². The van der Waals surface area contributed by atoms with Crippen LogP contribution in [0.4, 0.5) is 5.95 Å². The van der Waals surface area contributed by atoms with Crippen LogP contribution in [0.25, 0.3) is 11.2 Å². The average Bonchev–Trinajstić information content (AvgIpc) is 2.94. The minimum atomic E-state index is -0.408. The van der Waals surface area contributed by atoms with Gasteiger partial charge in [-0.3, -0.25) is 18.5 Å². The number of aromatic nitrogens is 4. The first-order valence-corrected chi connectivity index (χ1v) is 11.6. The maximum absolute atomic E-state index is 13.4. The van der Waals surface area contributed by atoms with Crippen LogP contribution in [0.5, 0.6) is 0 Å². The predicted molar refractivity (Wildman–Crippen MR) is 129 cm³/mol. The van der Waals surface area contributed by atoms with Gasteiger partial charge in [-0.15, -0.1) is 0 Å². The molecule has 0 radical (unpaired) electrons. The van der Waals surface area contributed by atoms with E-state index in [9.17, 15) is 14.7 Å². The fourth-order valence-electron chi connectivity index (χ4n) is 4.02. The highest BCUT2D eigenvalue weighted by Crippen LogP contribution is 2.23. The third-order valence-corrected chi connectivity index (χ3v) is 6.71. The lowest BCUT2D eigenvalue weighted by molar-refractivity contribution is 0.277. The third-order valence-electron chi connectivity index (χ3n) is 5.66. The van der Waals surface area contributed by atoms with Crippen molar-refractivity contribution in [3.05, 3.63) is 54.2 Å². The number of nitrogens with one attached hydrogen (secondary N) is 1. The molecule has 31 heavy (non-hydrogen) atoms. The zero-order valence-electron chi connectivity index (χ0n) is 17.6. The van der Waals surface area contributed by atoms with Crippen LogP contribution in [0, 0.1) is 3.57 Å². The van der Waals surface area contributed by atoms with Gasteiger partial charge in [0.1, 0.15) is 0 Å². The molecule has 0 bridgehead atoms. The summed E-state index contributed by atoms with van der Waals surface area (Å²) < 4.78 is 5.71. The molecule has 2 N–H and O–H groups in total. The van der Waals surface area contributed by atoms with E-state index >= 15 is 0 Å². The van der Waals surface area contributed by atoms with Crippen molar-refractivity contribution in [2.24, 2.45) is 7.05 Å². The van der Waals surface area contributed by atoms with Crippen LogP contribution in [0.3, 0.4) is 0 Å². The SMILES string of the molecule is Cn1c(=O)n(CCCO)c(=O)c2c1nc(N1CCCNCC1)n2Cc1ccccc1I. The minimum Gasteiger partial charge on any atom is -0.396 e. The number of nitrogens with zero attached hydrogens (tertiary/aromatic N) is 5. The van der Waals surface area contributed by atoms with Gasteiger partial charge in [0.05, 0.1) is 6.54 Å². The first kappa shape index (κ1) is 22.0. The highest BCUT2D eigenvalue weighted by atomic mass is 127. The van der Waals surface area contributed by atoms with E-state index in [0.29, 0.717) is 30.1 Å². The highest BCUT2D eigenvalue weighted by Gasteiger charge is 2.24. The number of anilines is 1. The molecular weight excluding hydrogens is 511 g/mol. The lowest BCUT2D eigenvalue weighted by Gasteiger charge is -2.22. The lowest BCUT2D eigenvalue weighted by atomic mass is 10.2. The standard InChI is InChI=1S/C21H27IN6O3/c1-25-18-17(19(30)27(21(25)31)11-5-13-29)28(14-15-6-2-3-7-16(15)22)20(24-18)26-10-4-8-23-9-12-26/h2-3,6-7,23,29H,4-5,8-14H2,1H3. The summed E-state index contributed by atoms with van der Waals surface area (Å²) >= 11 is 2.30. The summed E-state index contributed by atoms with van der Waals surface area (Å²) in [7, 11) is 1.65. The summed E-state index contributed by atoms with van der Waals surface area (Å²) in [6, 6.07) is 8.07. The Bertz CT molecular complexity index is 1190. The zero-order chi connectivity index (χ0) is 22.0. The van der Waals surface area contributed by atoms with Gasteiger partial charge in [-0.25, -0.2) is 4.79 Å². The van der Waals surface area contributed by atoms with E-state index in [4.69, 9.17) is 4.98 Å². The van der Waals surface area contributed by atoms with Crippen molar-refractivity contribution >= 4 is 39.7 Å². The van der Waals surface area contributed by atoms with Crippen LogP contribution in [0.2, 0.25) is 0 Å². The van der Waals surface area contributed by atoms with Gasteiger partial charge in [0.25, 0.3) is 5.56 Å². The number of rotatable bonds is 6.